The van der Waals surface area contributed by atoms with Crippen molar-refractivity contribution in [2.45, 2.75) is 51.0 Å². The topological polar surface area (TPSA) is 9.23 Å². The minimum atomic E-state index is 0.168. The molecular formula is C19H26O. The minimum Gasteiger partial charge on any atom is -0.370 e. The Kier molecular flexibility index (Phi) is 6.59. The summed E-state index contributed by atoms with van der Waals surface area (Å²) in [7, 11) is 0. The van der Waals surface area contributed by atoms with E-state index in [1.165, 1.54) is 37.7 Å². The van der Waals surface area contributed by atoms with E-state index in [-0.39, 0.29) is 6.10 Å². The first-order valence-corrected chi connectivity index (χ1v) is 7.93. The minimum absolute atomic E-state index is 0.168. The Balaban J connectivity index is 1.67. The van der Waals surface area contributed by atoms with Crippen LogP contribution >= 0.6 is 0 Å². The van der Waals surface area contributed by atoms with E-state index in [0.717, 1.165) is 6.61 Å². The van der Waals surface area contributed by atoms with Gasteiger partial charge in [0.25, 0.3) is 0 Å². The summed E-state index contributed by atoms with van der Waals surface area (Å²) in [5.74, 6) is 0.403. The van der Waals surface area contributed by atoms with Crippen molar-refractivity contribution in [1.29, 1.82) is 0 Å². The average molecular weight is 270 g/mol. The van der Waals surface area contributed by atoms with Crippen LogP contribution in [0.3, 0.4) is 0 Å². The second-order valence-electron chi connectivity index (χ2n) is 5.46. The van der Waals surface area contributed by atoms with E-state index in [1.54, 1.807) is 0 Å². The molecule has 0 unspecified atom stereocenters. The molecule has 0 saturated carbocycles. The lowest BCUT2D eigenvalue weighted by molar-refractivity contribution is 0.110. The Hall–Kier alpha value is -1.34. The smallest absolute Gasteiger partial charge is 0.0938 e. The molecule has 0 spiro atoms. The maximum atomic E-state index is 5.87. The Morgan fingerprint density at radius 3 is 2.25 bits per heavy atom. The van der Waals surface area contributed by atoms with Crippen molar-refractivity contribution in [2.24, 2.45) is 0 Å². The summed E-state index contributed by atoms with van der Waals surface area (Å²) in [5.41, 5.74) is 1.35. The second-order valence-corrected chi connectivity index (χ2v) is 5.46. The van der Waals surface area contributed by atoms with Crippen LogP contribution < -0.4 is 0 Å². The molecule has 108 valence electrons. The van der Waals surface area contributed by atoms with Gasteiger partial charge in [-0.1, -0.05) is 87.2 Å². The third-order valence-electron chi connectivity index (χ3n) is 3.76. The predicted octanol–water partition coefficient (Wildman–Crippen LogP) is 5.25. The van der Waals surface area contributed by atoms with Gasteiger partial charge in [0.15, 0.2) is 0 Å². The third kappa shape index (κ3) is 4.97. The molecule has 1 heteroatoms. The molecular weight excluding hydrogens is 244 g/mol. The van der Waals surface area contributed by atoms with E-state index < -0.39 is 0 Å². The quantitative estimate of drug-likeness (QED) is 0.463. The fourth-order valence-electron chi connectivity index (χ4n) is 2.52. The fourth-order valence-corrected chi connectivity index (χ4v) is 2.52. The number of allylic oxidation sites excluding steroid dienone is 2. The highest BCUT2D eigenvalue weighted by Gasteiger charge is 2.10. The number of benzene rings is 1. The largest absolute Gasteiger partial charge is 0.370 e. The van der Waals surface area contributed by atoms with Gasteiger partial charge in [0.2, 0.25) is 0 Å². The number of hydrogen-bond acceptors (Lipinski definition) is 1. The molecule has 0 bridgehead atoms. The molecule has 0 heterocycles. The van der Waals surface area contributed by atoms with Crippen LogP contribution in [-0.2, 0) is 4.74 Å². The van der Waals surface area contributed by atoms with E-state index in [2.05, 4.69) is 61.6 Å². The Labute approximate surface area is 123 Å². The van der Waals surface area contributed by atoms with Crippen LogP contribution in [-0.4, -0.2) is 12.7 Å². The van der Waals surface area contributed by atoms with Crippen LogP contribution in [0.4, 0.5) is 0 Å². The van der Waals surface area contributed by atoms with Gasteiger partial charge in [-0.3, -0.25) is 0 Å². The Morgan fingerprint density at radius 2 is 1.55 bits per heavy atom. The predicted molar refractivity (Wildman–Crippen MR) is 86.0 cm³/mol. The first-order valence-electron chi connectivity index (χ1n) is 7.93. The van der Waals surface area contributed by atoms with Crippen LogP contribution in [0.15, 0.2) is 54.6 Å². The molecule has 0 amide bonds. The molecule has 20 heavy (non-hydrogen) atoms. The fraction of sp³-hybridized carbons (Fsp3) is 0.474. The highest BCUT2D eigenvalue weighted by atomic mass is 16.5. The lowest BCUT2D eigenvalue weighted by Crippen LogP contribution is -2.11. The molecule has 0 atom stereocenters. The molecule has 2 rings (SSSR count). The molecule has 1 nitrogen and oxygen atoms in total. The first kappa shape index (κ1) is 15.1. The van der Waals surface area contributed by atoms with Crippen molar-refractivity contribution >= 4 is 0 Å². The second kappa shape index (κ2) is 8.76. The highest BCUT2D eigenvalue weighted by Crippen LogP contribution is 2.23. The molecule has 0 aliphatic heterocycles. The van der Waals surface area contributed by atoms with Crippen molar-refractivity contribution in [3.8, 4) is 0 Å². The maximum absolute atomic E-state index is 5.87. The van der Waals surface area contributed by atoms with Gasteiger partial charge >= 0.3 is 0 Å². The van der Waals surface area contributed by atoms with Crippen molar-refractivity contribution in [3.63, 3.8) is 0 Å². The van der Waals surface area contributed by atoms with E-state index in [0.29, 0.717) is 5.92 Å². The van der Waals surface area contributed by atoms with Crippen LogP contribution in [0.25, 0.3) is 0 Å². The zero-order valence-corrected chi connectivity index (χ0v) is 12.5. The summed E-state index contributed by atoms with van der Waals surface area (Å²) in [6.07, 6.45) is 15.5. The molecule has 1 aromatic carbocycles. The zero-order chi connectivity index (χ0) is 14.0. The van der Waals surface area contributed by atoms with Crippen LogP contribution in [0.5, 0.6) is 0 Å². The maximum Gasteiger partial charge on any atom is 0.0938 e. The molecule has 0 radical (unpaired) electrons. The number of rotatable bonds is 8. The van der Waals surface area contributed by atoms with Crippen molar-refractivity contribution < 1.29 is 4.74 Å². The molecule has 0 saturated heterocycles. The monoisotopic (exact) mass is 270 g/mol. The normalized spacial score (nSPS) is 21.2. The summed E-state index contributed by atoms with van der Waals surface area (Å²) >= 11 is 0. The van der Waals surface area contributed by atoms with Gasteiger partial charge in [0.05, 0.1) is 6.10 Å². The van der Waals surface area contributed by atoms with Gasteiger partial charge in [-0.05, 0) is 12.0 Å². The van der Waals surface area contributed by atoms with E-state index in [1.807, 2.05) is 0 Å². The third-order valence-corrected chi connectivity index (χ3v) is 3.76. The van der Waals surface area contributed by atoms with Gasteiger partial charge in [0, 0.05) is 12.5 Å². The van der Waals surface area contributed by atoms with Crippen LogP contribution in [0, 0.1) is 0 Å². The van der Waals surface area contributed by atoms with Crippen LogP contribution in [0.2, 0.25) is 0 Å². The summed E-state index contributed by atoms with van der Waals surface area (Å²) in [6, 6.07) is 10.6. The average Bonchev–Trinajstić information content (AvgIpc) is 2.52. The van der Waals surface area contributed by atoms with Gasteiger partial charge in [-0.25, -0.2) is 0 Å². The summed E-state index contributed by atoms with van der Waals surface area (Å²) < 4.78 is 5.87. The highest BCUT2D eigenvalue weighted by molar-refractivity contribution is 5.32. The van der Waals surface area contributed by atoms with Crippen molar-refractivity contribution in [2.75, 3.05) is 6.61 Å². The Bertz CT molecular complexity index is 405. The van der Waals surface area contributed by atoms with E-state index in [9.17, 15) is 0 Å². The zero-order valence-electron chi connectivity index (χ0n) is 12.5. The molecule has 0 N–H and O–H groups in total. The SMILES string of the molecule is CCCCCCCOC1C=CC(c2ccccc2)C=C1. The summed E-state index contributed by atoms with van der Waals surface area (Å²) in [6.45, 7) is 3.12. The number of ether oxygens (including phenoxy) is 1. The lowest BCUT2D eigenvalue weighted by atomic mass is 9.94. The molecule has 1 aliphatic carbocycles. The van der Waals surface area contributed by atoms with Gasteiger partial charge in [0.1, 0.15) is 0 Å². The molecule has 0 aromatic heterocycles. The standard InChI is InChI=1S/C19H26O/c1-2-3-4-5-9-16-20-19-14-12-18(13-15-19)17-10-7-6-8-11-17/h6-8,10-15,18-19H,2-5,9,16H2,1H3. The molecule has 1 aromatic rings. The van der Waals surface area contributed by atoms with Gasteiger partial charge in [-0.15, -0.1) is 0 Å². The summed E-state index contributed by atoms with van der Waals surface area (Å²) in [4.78, 5) is 0. The van der Waals surface area contributed by atoms with Gasteiger partial charge in [-0.2, -0.15) is 0 Å². The van der Waals surface area contributed by atoms with Crippen molar-refractivity contribution in [3.05, 3.63) is 60.2 Å². The summed E-state index contributed by atoms with van der Waals surface area (Å²) in [5, 5.41) is 0. The van der Waals surface area contributed by atoms with Gasteiger partial charge < -0.3 is 4.74 Å². The number of hydrogen-bond donors (Lipinski definition) is 0. The van der Waals surface area contributed by atoms with Crippen LogP contribution in [0.1, 0.15) is 50.5 Å². The Morgan fingerprint density at radius 1 is 0.850 bits per heavy atom. The van der Waals surface area contributed by atoms with E-state index in [4.69, 9.17) is 4.74 Å². The number of unbranched alkanes of at least 4 members (excludes halogenated alkanes) is 4. The molecule has 1 aliphatic rings. The molecule has 0 fully saturated rings. The first-order chi connectivity index (χ1) is 9.90. The van der Waals surface area contributed by atoms with E-state index >= 15 is 0 Å². The van der Waals surface area contributed by atoms with Crippen molar-refractivity contribution in [1.82, 2.24) is 0 Å². The lowest BCUT2D eigenvalue weighted by Gasteiger charge is -2.17.